The van der Waals surface area contributed by atoms with Gasteiger partial charge in [-0.05, 0) is 53.8 Å². The maximum absolute atomic E-state index is 13.5. The Bertz CT molecular complexity index is 1230. The van der Waals surface area contributed by atoms with Gasteiger partial charge in [-0.2, -0.15) is 4.72 Å². The molecular weight excluding hydrogens is 458 g/mol. The summed E-state index contributed by atoms with van der Waals surface area (Å²) in [5, 5.41) is 0. The summed E-state index contributed by atoms with van der Waals surface area (Å²) in [7, 11) is -2.47. The van der Waals surface area contributed by atoms with Crippen molar-refractivity contribution in [1.29, 1.82) is 0 Å². The number of rotatable bonds is 11. The van der Waals surface area contributed by atoms with Crippen LogP contribution in [0.5, 0.6) is 0 Å². The lowest BCUT2D eigenvalue weighted by Crippen LogP contribution is -2.30. The molecule has 5 nitrogen and oxygen atoms in total. The number of allylic oxidation sites excluding steroid dienone is 1. The lowest BCUT2D eigenvalue weighted by molar-refractivity contribution is 0.0600. The third-order valence-electron chi connectivity index (χ3n) is 5.81. The number of unbranched alkanes of at least 4 members (excludes halogenated alkanes) is 1. The first kappa shape index (κ1) is 26.4. The Morgan fingerprint density at radius 1 is 0.886 bits per heavy atom. The molecule has 0 spiro atoms. The molecule has 0 saturated heterocycles. The van der Waals surface area contributed by atoms with E-state index in [-0.39, 0.29) is 4.90 Å². The molecule has 0 aliphatic rings. The van der Waals surface area contributed by atoms with Crippen LogP contribution in [0.2, 0.25) is 0 Å². The van der Waals surface area contributed by atoms with Crippen molar-refractivity contribution in [3.05, 3.63) is 102 Å². The van der Waals surface area contributed by atoms with Crippen molar-refractivity contribution in [3.8, 4) is 11.1 Å². The maximum atomic E-state index is 13.5. The minimum atomic E-state index is -3.81. The number of ether oxygens (including phenoxy) is 1. The monoisotopic (exact) mass is 491 g/mol. The second kappa shape index (κ2) is 12.5. The van der Waals surface area contributed by atoms with Gasteiger partial charge in [-0.25, -0.2) is 13.2 Å². The number of methoxy groups -OCH3 is 1. The van der Waals surface area contributed by atoms with Crippen LogP contribution in [0, 0.1) is 0 Å². The highest BCUT2D eigenvalue weighted by Crippen LogP contribution is 2.29. The number of carbonyl (C=O) groups is 1. The van der Waals surface area contributed by atoms with E-state index in [2.05, 4.69) is 24.6 Å². The summed E-state index contributed by atoms with van der Waals surface area (Å²) in [6.07, 6.45) is 5.61. The average molecular weight is 492 g/mol. The van der Waals surface area contributed by atoms with Gasteiger partial charge in [-0.15, -0.1) is 0 Å². The fraction of sp³-hybridized carbons (Fsp3) is 0.276. The van der Waals surface area contributed by atoms with Crippen LogP contribution >= 0.6 is 0 Å². The maximum Gasteiger partial charge on any atom is 0.337 e. The van der Waals surface area contributed by atoms with E-state index in [0.29, 0.717) is 5.56 Å². The molecule has 0 bridgehead atoms. The Kier molecular flexibility index (Phi) is 9.40. The van der Waals surface area contributed by atoms with Gasteiger partial charge < -0.3 is 4.74 Å². The number of sulfonamides is 1. The molecule has 1 atom stereocenters. The van der Waals surface area contributed by atoms with Crippen molar-refractivity contribution in [2.24, 2.45) is 0 Å². The first-order valence-corrected chi connectivity index (χ1v) is 13.4. The highest BCUT2D eigenvalue weighted by Gasteiger charge is 2.24. The minimum Gasteiger partial charge on any atom is -0.465 e. The Balaban J connectivity index is 1.95. The molecule has 184 valence electrons. The molecular formula is C29H33NO4S. The molecule has 0 aliphatic heterocycles. The molecule has 0 aliphatic carbocycles. The van der Waals surface area contributed by atoms with Gasteiger partial charge in [0.2, 0.25) is 10.0 Å². The zero-order valence-electron chi connectivity index (χ0n) is 20.5. The number of nitrogens with one attached hydrogen (secondary N) is 1. The van der Waals surface area contributed by atoms with Gasteiger partial charge in [0, 0.05) is 0 Å². The van der Waals surface area contributed by atoms with Crippen molar-refractivity contribution in [2.75, 3.05) is 7.11 Å². The third-order valence-corrected chi connectivity index (χ3v) is 7.25. The van der Waals surface area contributed by atoms with E-state index < -0.39 is 22.0 Å². The number of hydrogen-bond donors (Lipinski definition) is 1. The Morgan fingerprint density at radius 2 is 1.51 bits per heavy atom. The molecule has 6 heteroatoms. The predicted octanol–water partition coefficient (Wildman–Crippen LogP) is 6.69. The summed E-state index contributed by atoms with van der Waals surface area (Å²) in [5.74, 6) is -0.428. The second-order valence-electron chi connectivity index (χ2n) is 8.38. The number of benzene rings is 3. The van der Waals surface area contributed by atoms with Gasteiger partial charge in [0.15, 0.2) is 0 Å². The zero-order chi connectivity index (χ0) is 25.3. The van der Waals surface area contributed by atoms with Crippen LogP contribution in [0.15, 0.2) is 95.4 Å². The van der Waals surface area contributed by atoms with Crippen LogP contribution < -0.4 is 4.72 Å². The van der Waals surface area contributed by atoms with E-state index in [1.165, 1.54) is 7.11 Å². The minimum absolute atomic E-state index is 0.208. The van der Waals surface area contributed by atoms with Crippen molar-refractivity contribution in [1.82, 2.24) is 4.72 Å². The lowest BCUT2D eigenvalue weighted by atomic mass is 9.94. The number of hydrogen-bond acceptors (Lipinski definition) is 4. The molecule has 0 aromatic heterocycles. The largest absolute Gasteiger partial charge is 0.465 e. The summed E-state index contributed by atoms with van der Waals surface area (Å²) >= 11 is 0. The van der Waals surface area contributed by atoms with Gasteiger partial charge in [0.1, 0.15) is 0 Å². The summed E-state index contributed by atoms with van der Waals surface area (Å²) in [5.41, 5.74) is 4.20. The molecule has 0 saturated carbocycles. The first-order chi connectivity index (χ1) is 16.9. The van der Waals surface area contributed by atoms with Crippen LogP contribution in [0.1, 0.15) is 61.5 Å². The smallest absolute Gasteiger partial charge is 0.337 e. The van der Waals surface area contributed by atoms with Crippen molar-refractivity contribution in [2.45, 2.75) is 50.5 Å². The van der Waals surface area contributed by atoms with Crippen molar-refractivity contribution in [3.63, 3.8) is 0 Å². The highest BCUT2D eigenvalue weighted by atomic mass is 32.2. The van der Waals surface area contributed by atoms with E-state index in [1.807, 2.05) is 42.5 Å². The van der Waals surface area contributed by atoms with Crippen LogP contribution in [0.4, 0.5) is 0 Å². The molecule has 3 rings (SSSR count). The molecule has 0 amide bonds. The second-order valence-corrected chi connectivity index (χ2v) is 10.1. The quantitative estimate of drug-likeness (QED) is 0.240. The molecule has 0 radical (unpaired) electrons. The summed E-state index contributed by atoms with van der Waals surface area (Å²) in [6.45, 7) is 4.17. The summed E-state index contributed by atoms with van der Waals surface area (Å²) in [6, 6.07) is 23.1. The zero-order valence-corrected chi connectivity index (χ0v) is 21.3. The topological polar surface area (TPSA) is 72.5 Å². The molecule has 0 heterocycles. The van der Waals surface area contributed by atoms with Gasteiger partial charge in [0.05, 0.1) is 23.6 Å². The molecule has 3 aromatic carbocycles. The number of carbonyl (C=O) groups excluding carboxylic acids is 1. The van der Waals surface area contributed by atoms with Crippen LogP contribution in [-0.4, -0.2) is 21.5 Å². The van der Waals surface area contributed by atoms with E-state index in [4.69, 9.17) is 4.74 Å². The summed E-state index contributed by atoms with van der Waals surface area (Å²) in [4.78, 5) is 12.1. The van der Waals surface area contributed by atoms with Gasteiger partial charge in [-0.1, -0.05) is 92.9 Å². The first-order valence-electron chi connectivity index (χ1n) is 11.9. The Hall–Kier alpha value is -3.22. The van der Waals surface area contributed by atoms with Crippen LogP contribution in [-0.2, 0) is 14.8 Å². The Labute approximate surface area is 208 Å². The molecule has 1 N–H and O–H groups in total. The molecule has 0 fully saturated rings. The van der Waals surface area contributed by atoms with E-state index in [1.54, 1.807) is 36.4 Å². The van der Waals surface area contributed by atoms with Crippen LogP contribution in [0.3, 0.4) is 0 Å². The average Bonchev–Trinajstić information content (AvgIpc) is 2.90. The van der Waals surface area contributed by atoms with Crippen LogP contribution in [0.25, 0.3) is 11.1 Å². The fourth-order valence-electron chi connectivity index (χ4n) is 3.95. The predicted molar refractivity (Wildman–Crippen MR) is 141 cm³/mol. The van der Waals surface area contributed by atoms with Crippen molar-refractivity contribution < 1.29 is 17.9 Å². The standard InChI is InChI=1S/C29H33NO4S/c1-4-6-11-24(10-5-2)28(25-14-16-26(17-15-25)29(31)34-3)30-35(32,33)27-20-18-23(19-21-27)22-12-8-7-9-13-22/h7-9,11-21,28,30H,4-6,10H2,1-3H3/b24-11+/t28-/m1/s1. The SMILES string of the molecule is CCC/C=C(\CCC)[C@@H](NS(=O)(=O)c1ccc(-c2ccccc2)cc1)c1ccc(C(=O)OC)cc1. The van der Waals surface area contributed by atoms with E-state index >= 15 is 0 Å². The number of esters is 1. The van der Waals surface area contributed by atoms with Gasteiger partial charge in [-0.3, -0.25) is 0 Å². The Morgan fingerprint density at radius 3 is 2.09 bits per heavy atom. The van der Waals surface area contributed by atoms with Crippen molar-refractivity contribution >= 4 is 16.0 Å². The third kappa shape index (κ3) is 6.90. The summed E-state index contributed by atoms with van der Waals surface area (Å²) < 4.78 is 34.6. The van der Waals surface area contributed by atoms with Gasteiger partial charge in [0.25, 0.3) is 0 Å². The molecule has 0 unspecified atom stereocenters. The molecule has 3 aromatic rings. The molecule has 35 heavy (non-hydrogen) atoms. The fourth-order valence-corrected chi connectivity index (χ4v) is 5.18. The normalized spacial score (nSPS) is 12.8. The highest BCUT2D eigenvalue weighted by molar-refractivity contribution is 7.89. The van der Waals surface area contributed by atoms with Gasteiger partial charge >= 0.3 is 5.97 Å². The van der Waals surface area contributed by atoms with E-state index in [0.717, 1.165) is 47.9 Å². The van der Waals surface area contributed by atoms with E-state index in [9.17, 15) is 13.2 Å². The lowest BCUT2D eigenvalue weighted by Gasteiger charge is -2.23.